The number of piperidine rings is 1. The van der Waals surface area contributed by atoms with Crippen LogP contribution in [0.4, 0.5) is 5.69 Å². The number of likely N-dealkylation sites (N-methyl/N-ethyl adjacent to an activating group) is 1. The van der Waals surface area contributed by atoms with Gasteiger partial charge in [-0.15, -0.1) is 0 Å². The van der Waals surface area contributed by atoms with Gasteiger partial charge in [-0.05, 0) is 55.7 Å². The Balaban J connectivity index is 1.27. The number of aromatic nitrogens is 2. The third-order valence-corrected chi connectivity index (χ3v) is 10.2. The van der Waals surface area contributed by atoms with Crippen molar-refractivity contribution in [3.63, 3.8) is 0 Å². The molecule has 0 saturated carbocycles. The molecular formula is C31H45N6O3P. The van der Waals surface area contributed by atoms with Crippen LogP contribution in [0.25, 0.3) is 11.0 Å². The van der Waals surface area contributed by atoms with Crippen LogP contribution in [0, 0.1) is 0 Å². The molecule has 0 bridgehead atoms. The molecular weight excluding hydrogens is 535 g/mol. The molecule has 41 heavy (non-hydrogen) atoms. The van der Waals surface area contributed by atoms with Gasteiger partial charge in [0.2, 0.25) is 5.88 Å². The van der Waals surface area contributed by atoms with Gasteiger partial charge < -0.3 is 29.7 Å². The van der Waals surface area contributed by atoms with E-state index in [0.717, 1.165) is 90.4 Å². The SMILES string of the molecule is CCc1nc2c(nc1OC1CCOCC1)=C(c1ccc(N3CCC(N4CCN(C)CC4)CC3)c(OC)c1)CPC=2N. The number of fused-ring (bicyclic) bond motifs is 1. The van der Waals surface area contributed by atoms with E-state index in [-0.39, 0.29) is 6.10 Å². The van der Waals surface area contributed by atoms with Crippen LogP contribution in [-0.2, 0) is 11.2 Å². The van der Waals surface area contributed by atoms with Gasteiger partial charge in [0.05, 0.1) is 36.8 Å². The molecule has 4 aliphatic rings. The third kappa shape index (κ3) is 6.19. The number of aryl methyl sites for hydroxylation is 1. The van der Waals surface area contributed by atoms with Gasteiger partial charge in [-0.2, -0.15) is 0 Å². The van der Waals surface area contributed by atoms with E-state index in [2.05, 4.69) is 46.9 Å². The zero-order chi connectivity index (χ0) is 28.3. The number of piperazine rings is 1. The molecule has 1 aromatic carbocycles. The molecule has 1 unspecified atom stereocenters. The first-order valence-electron chi connectivity index (χ1n) is 15.3. The summed E-state index contributed by atoms with van der Waals surface area (Å²) in [6, 6.07) is 7.33. The average Bonchev–Trinajstić information content (AvgIpc) is 3.02. The molecule has 222 valence electrons. The number of anilines is 1. The highest BCUT2D eigenvalue weighted by Crippen LogP contribution is 2.36. The number of benzene rings is 1. The molecule has 0 spiro atoms. The number of nitrogens with zero attached hydrogens (tertiary/aromatic N) is 5. The highest BCUT2D eigenvalue weighted by atomic mass is 31.1. The summed E-state index contributed by atoms with van der Waals surface area (Å²) >= 11 is 0. The summed E-state index contributed by atoms with van der Waals surface area (Å²) in [5, 5.41) is 1.66. The molecule has 3 saturated heterocycles. The molecule has 3 fully saturated rings. The van der Waals surface area contributed by atoms with Crippen molar-refractivity contribution in [2.24, 2.45) is 5.73 Å². The largest absolute Gasteiger partial charge is 0.495 e. The fourth-order valence-electron chi connectivity index (χ4n) is 6.50. The zero-order valence-corrected chi connectivity index (χ0v) is 25.8. The van der Waals surface area contributed by atoms with Crippen molar-refractivity contribution in [3.05, 3.63) is 40.2 Å². The van der Waals surface area contributed by atoms with E-state index < -0.39 is 0 Å². The minimum Gasteiger partial charge on any atom is -0.495 e. The first-order chi connectivity index (χ1) is 20.0. The van der Waals surface area contributed by atoms with E-state index >= 15 is 0 Å². The van der Waals surface area contributed by atoms with Gasteiger partial charge in [0.15, 0.2) is 0 Å². The first kappa shape index (κ1) is 28.7. The van der Waals surface area contributed by atoms with Gasteiger partial charge in [0.25, 0.3) is 0 Å². The van der Waals surface area contributed by atoms with Crippen molar-refractivity contribution in [1.82, 2.24) is 19.8 Å². The van der Waals surface area contributed by atoms with E-state index in [9.17, 15) is 0 Å². The first-order valence-corrected chi connectivity index (χ1v) is 16.5. The summed E-state index contributed by atoms with van der Waals surface area (Å²) < 4.78 is 17.9. The number of rotatable bonds is 7. The van der Waals surface area contributed by atoms with E-state index in [4.69, 9.17) is 29.9 Å². The second kappa shape index (κ2) is 12.8. The Hall–Kier alpha value is -2.45. The topological polar surface area (TPSA) is 89.2 Å². The Kier molecular flexibility index (Phi) is 8.96. The van der Waals surface area contributed by atoms with Crippen LogP contribution in [0.3, 0.4) is 0 Å². The van der Waals surface area contributed by atoms with Crippen LogP contribution in [0.2, 0.25) is 0 Å². The van der Waals surface area contributed by atoms with Crippen molar-refractivity contribution < 1.29 is 14.2 Å². The third-order valence-electron chi connectivity index (χ3n) is 9.10. The normalized spacial score (nSPS) is 22.3. The molecule has 2 aromatic rings. The summed E-state index contributed by atoms with van der Waals surface area (Å²) in [5.41, 5.74) is 11.7. The van der Waals surface area contributed by atoms with Gasteiger partial charge in [-0.1, -0.05) is 21.6 Å². The molecule has 6 rings (SSSR count). The Bertz CT molecular complexity index is 1350. The quantitative estimate of drug-likeness (QED) is 0.492. The standard InChI is InChI=1S/C31H45N6O3P/c1-4-25-31(40-23-9-17-39-18-10-23)34-28-24(20-41-30(32)29(28)33-25)21-5-6-26(27(19-21)38-3)37-11-7-22(8-12-37)36-15-13-35(2)14-16-36/h5-6,19,22-23,41H,4,7-18,20,32H2,1-3H3. The lowest BCUT2D eigenvalue weighted by Crippen LogP contribution is -2.52. The van der Waals surface area contributed by atoms with Gasteiger partial charge in [-0.3, -0.25) is 4.90 Å². The smallest absolute Gasteiger partial charge is 0.236 e. The lowest BCUT2D eigenvalue weighted by molar-refractivity contribution is 0.0230. The second-order valence-electron chi connectivity index (χ2n) is 11.6. The Morgan fingerprint density at radius 3 is 2.46 bits per heavy atom. The molecule has 2 N–H and O–H groups in total. The molecule has 1 aromatic heterocycles. The number of hydrogen-bond donors (Lipinski definition) is 1. The minimum absolute atomic E-state index is 0.108. The zero-order valence-electron chi connectivity index (χ0n) is 24.8. The number of nitrogens with two attached hydrogens (primary N) is 1. The van der Waals surface area contributed by atoms with E-state index in [1.807, 2.05) is 0 Å². The lowest BCUT2D eigenvalue weighted by atomic mass is 10.00. The summed E-state index contributed by atoms with van der Waals surface area (Å²) in [7, 11) is 4.49. The lowest BCUT2D eigenvalue weighted by Gasteiger charge is -2.42. The van der Waals surface area contributed by atoms with Crippen LogP contribution < -0.4 is 30.8 Å². The maximum atomic E-state index is 6.51. The highest BCUT2D eigenvalue weighted by molar-refractivity contribution is 7.50. The fraction of sp³-hybridized carbons (Fsp3) is 0.613. The van der Waals surface area contributed by atoms with Gasteiger partial charge in [-0.25, -0.2) is 9.97 Å². The van der Waals surface area contributed by atoms with Crippen LogP contribution >= 0.6 is 8.58 Å². The van der Waals surface area contributed by atoms with Crippen LogP contribution in [-0.4, -0.2) is 105 Å². The molecule has 10 heteroatoms. The predicted octanol–water partition coefficient (Wildman–Crippen LogP) is 1.74. The predicted molar refractivity (Wildman–Crippen MR) is 166 cm³/mol. The van der Waals surface area contributed by atoms with Crippen LogP contribution in [0.5, 0.6) is 11.6 Å². The molecule has 5 heterocycles. The highest BCUT2D eigenvalue weighted by Gasteiger charge is 2.28. The average molecular weight is 581 g/mol. The Labute approximate surface area is 245 Å². The van der Waals surface area contributed by atoms with Crippen molar-refractivity contribution in [2.45, 2.75) is 51.2 Å². The summed E-state index contributed by atoms with van der Waals surface area (Å²) in [5.74, 6) is 1.55. The van der Waals surface area contributed by atoms with Crippen LogP contribution in [0.15, 0.2) is 18.2 Å². The maximum absolute atomic E-state index is 6.51. The van der Waals surface area contributed by atoms with Gasteiger partial charge >= 0.3 is 0 Å². The molecule has 4 aliphatic heterocycles. The summed E-state index contributed by atoms with van der Waals surface area (Å²) in [6.45, 7) is 10.4. The van der Waals surface area contributed by atoms with Crippen molar-refractivity contribution >= 4 is 25.3 Å². The van der Waals surface area contributed by atoms with Crippen LogP contribution in [0.1, 0.15) is 43.9 Å². The Morgan fingerprint density at radius 2 is 1.76 bits per heavy atom. The maximum Gasteiger partial charge on any atom is 0.236 e. The molecule has 0 aliphatic carbocycles. The molecule has 9 nitrogen and oxygen atoms in total. The molecule has 1 atom stereocenters. The van der Waals surface area contributed by atoms with Gasteiger partial charge in [0.1, 0.15) is 22.9 Å². The van der Waals surface area contributed by atoms with E-state index in [1.165, 1.54) is 44.7 Å². The van der Waals surface area contributed by atoms with E-state index in [1.54, 1.807) is 7.11 Å². The summed E-state index contributed by atoms with van der Waals surface area (Å²) in [4.78, 5) is 17.7. The van der Waals surface area contributed by atoms with E-state index in [0.29, 0.717) is 20.5 Å². The van der Waals surface area contributed by atoms with Crippen molar-refractivity contribution in [3.8, 4) is 11.6 Å². The van der Waals surface area contributed by atoms with Crippen molar-refractivity contribution in [2.75, 3.05) is 77.7 Å². The molecule has 0 amide bonds. The van der Waals surface area contributed by atoms with Gasteiger partial charge in [0, 0.05) is 58.2 Å². The minimum atomic E-state index is 0.108. The number of hydrogen-bond acceptors (Lipinski definition) is 9. The number of methoxy groups -OCH3 is 1. The van der Waals surface area contributed by atoms with Crippen molar-refractivity contribution in [1.29, 1.82) is 0 Å². The monoisotopic (exact) mass is 580 g/mol. The second-order valence-corrected chi connectivity index (χ2v) is 12.9. The fourth-order valence-corrected chi connectivity index (χ4v) is 7.59. The summed E-state index contributed by atoms with van der Waals surface area (Å²) in [6.07, 6.45) is 5.84. The molecule has 0 radical (unpaired) electrons. The Morgan fingerprint density at radius 1 is 1.00 bits per heavy atom. The number of ether oxygens (including phenoxy) is 3.